The molecule has 0 saturated heterocycles. The van der Waals surface area contributed by atoms with E-state index in [9.17, 15) is 9.90 Å². The average Bonchev–Trinajstić information content (AvgIpc) is 3.09. The van der Waals surface area contributed by atoms with Crippen molar-refractivity contribution in [2.45, 2.75) is 26.6 Å². The molecule has 0 aliphatic rings. The molecule has 0 spiro atoms. The first-order valence-corrected chi connectivity index (χ1v) is 8.35. The summed E-state index contributed by atoms with van der Waals surface area (Å²) in [5, 5.41) is 21.4. The van der Waals surface area contributed by atoms with Gasteiger partial charge in [0.1, 0.15) is 5.69 Å². The fourth-order valence-electron chi connectivity index (χ4n) is 2.78. The number of carbonyl (C=O) groups excluding carboxylic acids is 1. The third-order valence-electron chi connectivity index (χ3n) is 4.19. The highest BCUT2D eigenvalue weighted by Crippen LogP contribution is 2.24. The molecule has 2 aromatic carbocycles. The predicted molar refractivity (Wildman–Crippen MR) is 99.8 cm³/mol. The highest BCUT2D eigenvalue weighted by Gasteiger charge is 2.15. The molecule has 0 saturated carbocycles. The van der Waals surface area contributed by atoms with Crippen LogP contribution in [0.15, 0.2) is 53.6 Å². The lowest BCUT2D eigenvalue weighted by atomic mass is 10.1. The monoisotopic (exact) mass is 362 g/mol. The van der Waals surface area contributed by atoms with E-state index < -0.39 is 0 Å². The van der Waals surface area contributed by atoms with E-state index >= 15 is 0 Å². The lowest BCUT2D eigenvalue weighted by molar-refractivity contribution is 0.101. The molecule has 1 aromatic heterocycles. The predicted octanol–water partition coefficient (Wildman–Crippen LogP) is 3.50. The third kappa shape index (κ3) is 4.20. The maximum Gasteiger partial charge on any atom is 0.159 e. The van der Waals surface area contributed by atoms with Gasteiger partial charge in [0.15, 0.2) is 5.78 Å². The fraction of sp³-hybridized carbons (Fsp3) is 0.211. The number of hydrogen-bond acceptors (Lipinski definition) is 5. The van der Waals surface area contributed by atoms with E-state index in [1.807, 2.05) is 36.4 Å². The number of aliphatic hydroxyl groups excluding tert-OH is 1. The number of Topliss-reactive ketones (excluding diaryl/α,β-unsaturated/α-hetero) is 1. The summed E-state index contributed by atoms with van der Waals surface area (Å²) in [6, 6.07) is 14.8. The molecule has 0 radical (unpaired) electrons. The second-order valence-electron chi connectivity index (χ2n) is 6.04. The highest BCUT2D eigenvalue weighted by atomic mass is 16.3. The molecule has 0 aliphatic carbocycles. The van der Waals surface area contributed by atoms with E-state index in [1.54, 1.807) is 16.8 Å². The second-order valence-corrected chi connectivity index (χ2v) is 6.04. The fourth-order valence-corrected chi connectivity index (χ4v) is 2.78. The zero-order valence-electron chi connectivity index (χ0n) is 14.8. The van der Waals surface area contributed by atoms with Crippen molar-refractivity contribution < 1.29 is 9.90 Å². The molecule has 136 valence electrons. The van der Waals surface area contributed by atoms with Crippen molar-refractivity contribution in [3.63, 3.8) is 0 Å². The molecule has 0 unspecified atom stereocenters. The van der Waals surface area contributed by atoms with Gasteiger partial charge in [-0.3, -0.25) is 4.79 Å². The number of azide groups is 1. The van der Waals surface area contributed by atoms with Gasteiger partial charge in [-0.05, 0) is 23.6 Å². The Labute approximate surface area is 155 Å². The quantitative estimate of drug-likeness (QED) is 0.299. The first-order chi connectivity index (χ1) is 13.1. The Morgan fingerprint density at radius 1 is 1.15 bits per heavy atom. The van der Waals surface area contributed by atoms with E-state index in [0.717, 1.165) is 22.4 Å². The number of benzene rings is 2. The number of rotatable bonds is 7. The van der Waals surface area contributed by atoms with Gasteiger partial charge in [0.2, 0.25) is 0 Å². The van der Waals surface area contributed by atoms with Crippen LogP contribution in [0.3, 0.4) is 0 Å². The van der Waals surface area contributed by atoms with Gasteiger partial charge in [-0.1, -0.05) is 58.9 Å². The zero-order chi connectivity index (χ0) is 19.2. The standard InChI is InChI=1S/C19H18N6O2/c1-13(27)16-6-4-15(5-7-16)11-25-19(18(12-26)22-24-25)17-8-2-14(3-9-17)10-21-23-20/h2-9,26H,10-12H2,1H3. The summed E-state index contributed by atoms with van der Waals surface area (Å²) in [5.74, 6) is 0.0198. The van der Waals surface area contributed by atoms with Crippen LogP contribution < -0.4 is 0 Å². The molecular weight excluding hydrogens is 344 g/mol. The Hall–Kier alpha value is -3.48. The van der Waals surface area contributed by atoms with E-state index in [1.165, 1.54) is 6.92 Å². The van der Waals surface area contributed by atoms with Crippen molar-refractivity contribution in [2.75, 3.05) is 0 Å². The Bertz CT molecular complexity index is 986. The molecular formula is C19H18N6O2. The molecule has 8 nitrogen and oxygen atoms in total. The molecule has 0 bridgehead atoms. The van der Waals surface area contributed by atoms with Crippen molar-refractivity contribution in [3.8, 4) is 11.3 Å². The van der Waals surface area contributed by atoms with Crippen LogP contribution in [-0.4, -0.2) is 25.9 Å². The van der Waals surface area contributed by atoms with E-state index in [-0.39, 0.29) is 18.9 Å². The Morgan fingerprint density at radius 2 is 1.81 bits per heavy atom. The number of nitrogens with zero attached hydrogens (tertiary/aromatic N) is 6. The minimum atomic E-state index is -0.223. The normalized spacial score (nSPS) is 10.4. The number of hydrogen-bond donors (Lipinski definition) is 1. The molecule has 1 N–H and O–H groups in total. The van der Waals surface area contributed by atoms with Crippen LogP contribution in [-0.2, 0) is 19.7 Å². The van der Waals surface area contributed by atoms with Gasteiger partial charge in [-0.2, -0.15) is 0 Å². The van der Waals surface area contributed by atoms with E-state index in [4.69, 9.17) is 5.53 Å². The van der Waals surface area contributed by atoms with Crippen LogP contribution in [0.1, 0.15) is 34.1 Å². The average molecular weight is 362 g/mol. The molecule has 0 atom stereocenters. The maximum atomic E-state index is 11.4. The first kappa shape index (κ1) is 18.3. The molecule has 3 aromatic rings. The zero-order valence-corrected chi connectivity index (χ0v) is 14.8. The summed E-state index contributed by atoms with van der Waals surface area (Å²) in [7, 11) is 0. The van der Waals surface area contributed by atoms with Gasteiger partial charge in [-0.25, -0.2) is 4.68 Å². The summed E-state index contributed by atoms with van der Waals surface area (Å²) in [5.41, 5.74) is 13.0. The number of aromatic nitrogens is 3. The smallest absolute Gasteiger partial charge is 0.159 e. The Balaban J connectivity index is 1.90. The van der Waals surface area contributed by atoms with Crippen LogP contribution in [0.25, 0.3) is 21.7 Å². The van der Waals surface area contributed by atoms with Gasteiger partial charge in [-0.15, -0.1) is 5.10 Å². The summed E-state index contributed by atoms with van der Waals surface area (Å²) in [6.45, 7) is 2.05. The maximum absolute atomic E-state index is 11.4. The summed E-state index contributed by atoms with van der Waals surface area (Å²) < 4.78 is 1.72. The van der Waals surface area contributed by atoms with Gasteiger partial charge >= 0.3 is 0 Å². The van der Waals surface area contributed by atoms with Crippen LogP contribution in [0.2, 0.25) is 0 Å². The largest absolute Gasteiger partial charge is 0.390 e. The lowest BCUT2D eigenvalue weighted by Gasteiger charge is -2.09. The third-order valence-corrected chi connectivity index (χ3v) is 4.19. The molecule has 8 heteroatoms. The van der Waals surface area contributed by atoms with Crippen molar-refractivity contribution in [1.29, 1.82) is 0 Å². The first-order valence-electron chi connectivity index (χ1n) is 8.35. The van der Waals surface area contributed by atoms with Gasteiger partial charge < -0.3 is 5.11 Å². The van der Waals surface area contributed by atoms with Crippen molar-refractivity contribution >= 4 is 5.78 Å². The summed E-state index contributed by atoms with van der Waals surface area (Å²) in [6.07, 6.45) is 0. The van der Waals surface area contributed by atoms with E-state index in [2.05, 4.69) is 20.3 Å². The molecule has 3 rings (SSSR count). The molecule has 0 aliphatic heterocycles. The van der Waals surface area contributed by atoms with Crippen LogP contribution in [0.4, 0.5) is 0 Å². The summed E-state index contributed by atoms with van der Waals surface area (Å²) in [4.78, 5) is 14.2. The molecule has 0 amide bonds. The Kier molecular flexibility index (Phi) is 5.61. The van der Waals surface area contributed by atoms with Gasteiger partial charge in [0, 0.05) is 16.0 Å². The van der Waals surface area contributed by atoms with Gasteiger partial charge in [0.25, 0.3) is 0 Å². The van der Waals surface area contributed by atoms with Crippen molar-refractivity contribution in [2.24, 2.45) is 5.11 Å². The van der Waals surface area contributed by atoms with Crippen molar-refractivity contribution in [1.82, 2.24) is 15.0 Å². The van der Waals surface area contributed by atoms with Crippen LogP contribution in [0.5, 0.6) is 0 Å². The van der Waals surface area contributed by atoms with Gasteiger partial charge in [0.05, 0.1) is 25.4 Å². The van der Waals surface area contributed by atoms with Crippen molar-refractivity contribution in [3.05, 3.63) is 81.4 Å². The minimum absolute atomic E-state index is 0.0198. The highest BCUT2D eigenvalue weighted by molar-refractivity contribution is 5.94. The van der Waals surface area contributed by atoms with Crippen LogP contribution >= 0.6 is 0 Å². The molecule has 27 heavy (non-hydrogen) atoms. The molecule has 1 heterocycles. The Morgan fingerprint density at radius 3 is 2.41 bits per heavy atom. The SMILES string of the molecule is CC(=O)c1ccc(Cn2nnc(CO)c2-c2ccc(CN=[N+]=[N-])cc2)cc1. The molecule has 0 fully saturated rings. The van der Waals surface area contributed by atoms with E-state index in [0.29, 0.717) is 17.8 Å². The lowest BCUT2D eigenvalue weighted by Crippen LogP contribution is -2.05. The number of aliphatic hydroxyl groups is 1. The minimum Gasteiger partial charge on any atom is -0.390 e. The van der Waals surface area contributed by atoms with Crippen LogP contribution in [0, 0.1) is 0 Å². The summed E-state index contributed by atoms with van der Waals surface area (Å²) >= 11 is 0. The topological polar surface area (TPSA) is 117 Å². The second kappa shape index (κ2) is 8.27. The number of ketones is 1. The number of carbonyl (C=O) groups is 1.